The lowest BCUT2D eigenvalue weighted by atomic mass is 9.97. The molecule has 1 aliphatic rings. The highest BCUT2D eigenvalue weighted by Gasteiger charge is 2.17. The molecule has 1 saturated heterocycles. The Morgan fingerprint density at radius 2 is 1.86 bits per heavy atom. The van der Waals surface area contributed by atoms with E-state index in [1.807, 2.05) is 29.1 Å². The Bertz CT molecular complexity index is 1130. The maximum Gasteiger partial charge on any atom is 0.248 e. The third-order valence-electron chi connectivity index (χ3n) is 5.21. The molecule has 1 atom stereocenters. The molecule has 2 aromatic carbocycles. The van der Waals surface area contributed by atoms with Crippen LogP contribution in [0, 0.1) is 6.92 Å². The SMILES string of the molecule is Cc1nnc(-c2ccccc2-c2cccc(-c3ccn(C[C@@H]4CCCO4)n3)c2)o1. The van der Waals surface area contributed by atoms with Crippen LogP contribution < -0.4 is 0 Å². The predicted molar refractivity (Wildman–Crippen MR) is 110 cm³/mol. The molecule has 4 aromatic rings. The number of aryl methyl sites for hydroxylation is 1. The summed E-state index contributed by atoms with van der Waals surface area (Å²) in [6.07, 6.45) is 4.55. The molecule has 0 aliphatic carbocycles. The van der Waals surface area contributed by atoms with Gasteiger partial charge in [0.15, 0.2) is 0 Å². The monoisotopic (exact) mass is 386 g/mol. The zero-order valence-corrected chi connectivity index (χ0v) is 16.3. The van der Waals surface area contributed by atoms with Crippen molar-refractivity contribution in [1.29, 1.82) is 0 Å². The van der Waals surface area contributed by atoms with E-state index in [0.29, 0.717) is 11.8 Å². The van der Waals surface area contributed by atoms with Crippen molar-refractivity contribution >= 4 is 0 Å². The van der Waals surface area contributed by atoms with Crippen molar-refractivity contribution < 1.29 is 9.15 Å². The van der Waals surface area contributed by atoms with Gasteiger partial charge in [-0.25, -0.2) is 0 Å². The van der Waals surface area contributed by atoms with Crippen molar-refractivity contribution in [3.8, 4) is 33.8 Å². The normalized spacial score (nSPS) is 16.4. The lowest BCUT2D eigenvalue weighted by Gasteiger charge is -2.09. The van der Waals surface area contributed by atoms with E-state index < -0.39 is 0 Å². The van der Waals surface area contributed by atoms with Gasteiger partial charge in [0.05, 0.1) is 18.3 Å². The van der Waals surface area contributed by atoms with E-state index in [1.165, 1.54) is 0 Å². The lowest BCUT2D eigenvalue weighted by molar-refractivity contribution is 0.0940. The Morgan fingerprint density at radius 3 is 2.66 bits per heavy atom. The van der Waals surface area contributed by atoms with Crippen LogP contribution in [0.3, 0.4) is 0 Å². The number of hydrogen-bond donors (Lipinski definition) is 0. The second kappa shape index (κ2) is 7.64. The van der Waals surface area contributed by atoms with Crippen LogP contribution in [-0.2, 0) is 11.3 Å². The van der Waals surface area contributed by atoms with Gasteiger partial charge in [0.1, 0.15) is 0 Å². The number of nitrogens with zero attached hydrogens (tertiary/aromatic N) is 4. The fourth-order valence-corrected chi connectivity index (χ4v) is 3.79. The first-order valence-corrected chi connectivity index (χ1v) is 9.92. The van der Waals surface area contributed by atoms with Crippen LogP contribution in [0.5, 0.6) is 0 Å². The highest BCUT2D eigenvalue weighted by Crippen LogP contribution is 2.33. The van der Waals surface area contributed by atoms with Crippen LogP contribution in [0.4, 0.5) is 0 Å². The number of rotatable bonds is 5. The first kappa shape index (κ1) is 17.8. The summed E-state index contributed by atoms with van der Waals surface area (Å²) in [6.45, 7) is 3.46. The number of benzene rings is 2. The molecular formula is C23H22N4O2. The van der Waals surface area contributed by atoms with E-state index in [9.17, 15) is 0 Å². The molecule has 1 fully saturated rings. The van der Waals surface area contributed by atoms with Gasteiger partial charge in [-0.15, -0.1) is 10.2 Å². The molecule has 3 heterocycles. The first-order chi connectivity index (χ1) is 14.3. The van der Waals surface area contributed by atoms with Crippen molar-refractivity contribution in [2.45, 2.75) is 32.4 Å². The molecule has 0 bridgehead atoms. The molecule has 29 heavy (non-hydrogen) atoms. The van der Waals surface area contributed by atoms with Crippen LogP contribution in [0.2, 0.25) is 0 Å². The van der Waals surface area contributed by atoms with Gasteiger partial charge >= 0.3 is 0 Å². The highest BCUT2D eigenvalue weighted by atomic mass is 16.5. The number of aromatic nitrogens is 4. The molecule has 1 aliphatic heterocycles. The van der Waals surface area contributed by atoms with Crippen molar-refractivity contribution in [3.05, 3.63) is 66.7 Å². The third kappa shape index (κ3) is 3.71. The van der Waals surface area contributed by atoms with E-state index in [-0.39, 0.29) is 6.10 Å². The molecule has 0 radical (unpaired) electrons. The first-order valence-electron chi connectivity index (χ1n) is 9.92. The largest absolute Gasteiger partial charge is 0.421 e. The number of hydrogen-bond acceptors (Lipinski definition) is 5. The van der Waals surface area contributed by atoms with Crippen LogP contribution in [0.1, 0.15) is 18.7 Å². The minimum atomic E-state index is 0.277. The van der Waals surface area contributed by atoms with Crippen molar-refractivity contribution in [2.75, 3.05) is 6.61 Å². The summed E-state index contributed by atoms with van der Waals surface area (Å²) in [7, 11) is 0. The topological polar surface area (TPSA) is 66.0 Å². The molecule has 0 saturated carbocycles. The smallest absolute Gasteiger partial charge is 0.248 e. The Labute approximate surface area is 169 Å². The molecule has 0 N–H and O–H groups in total. The van der Waals surface area contributed by atoms with Gasteiger partial charge < -0.3 is 9.15 Å². The summed E-state index contributed by atoms with van der Waals surface area (Å²) >= 11 is 0. The molecule has 0 amide bonds. The van der Waals surface area contributed by atoms with E-state index >= 15 is 0 Å². The fraction of sp³-hybridized carbons (Fsp3) is 0.261. The standard InChI is InChI=1S/C23H22N4O2/c1-16-24-25-23(29-16)21-10-3-2-9-20(21)17-6-4-7-18(14-17)22-11-12-27(26-22)15-19-8-5-13-28-19/h2-4,6-7,9-12,14,19H,5,8,13,15H2,1H3/t19-/m0/s1. The maximum absolute atomic E-state index is 5.72. The summed E-state index contributed by atoms with van der Waals surface area (Å²) in [5.74, 6) is 1.09. The van der Waals surface area contributed by atoms with Crippen molar-refractivity contribution in [3.63, 3.8) is 0 Å². The average molecular weight is 386 g/mol. The summed E-state index contributed by atoms with van der Waals surface area (Å²) in [5.41, 5.74) is 5.09. The van der Waals surface area contributed by atoms with Gasteiger partial charge in [-0.2, -0.15) is 5.10 Å². The van der Waals surface area contributed by atoms with Crippen LogP contribution in [0.25, 0.3) is 33.8 Å². The Hall–Kier alpha value is -3.25. The van der Waals surface area contributed by atoms with Crippen LogP contribution in [0.15, 0.2) is 65.2 Å². The van der Waals surface area contributed by atoms with Crippen LogP contribution in [-0.4, -0.2) is 32.7 Å². The van der Waals surface area contributed by atoms with Gasteiger partial charge in [0, 0.05) is 30.9 Å². The molecule has 6 heteroatoms. The summed E-state index contributed by atoms with van der Waals surface area (Å²) in [6, 6.07) is 18.5. The van der Waals surface area contributed by atoms with E-state index in [0.717, 1.165) is 53.9 Å². The maximum atomic E-state index is 5.72. The molecule has 5 rings (SSSR count). The molecule has 2 aromatic heterocycles. The fourth-order valence-electron chi connectivity index (χ4n) is 3.79. The zero-order chi connectivity index (χ0) is 19.6. The molecule has 0 unspecified atom stereocenters. The quantitative estimate of drug-likeness (QED) is 0.495. The van der Waals surface area contributed by atoms with E-state index in [1.54, 1.807) is 6.92 Å². The van der Waals surface area contributed by atoms with Crippen molar-refractivity contribution in [2.24, 2.45) is 0 Å². The minimum Gasteiger partial charge on any atom is -0.421 e. The minimum absolute atomic E-state index is 0.277. The zero-order valence-electron chi connectivity index (χ0n) is 16.3. The van der Waals surface area contributed by atoms with Gasteiger partial charge in [0.25, 0.3) is 0 Å². The van der Waals surface area contributed by atoms with E-state index in [4.69, 9.17) is 14.3 Å². The van der Waals surface area contributed by atoms with Gasteiger partial charge in [-0.3, -0.25) is 4.68 Å². The molecule has 146 valence electrons. The predicted octanol–water partition coefficient (Wildman–Crippen LogP) is 4.75. The van der Waals surface area contributed by atoms with Gasteiger partial charge in [-0.1, -0.05) is 36.4 Å². The Balaban J connectivity index is 1.46. The number of ether oxygens (including phenoxy) is 1. The third-order valence-corrected chi connectivity index (χ3v) is 5.21. The second-order valence-electron chi connectivity index (χ2n) is 7.31. The summed E-state index contributed by atoms with van der Waals surface area (Å²) < 4.78 is 13.4. The van der Waals surface area contributed by atoms with Gasteiger partial charge in [-0.05, 0) is 42.2 Å². The Morgan fingerprint density at radius 1 is 1.00 bits per heavy atom. The summed E-state index contributed by atoms with van der Waals surface area (Å²) in [4.78, 5) is 0. The molecule has 0 spiro atoms. The molecular weight excluding hydrogens is 364 g/mol. The second-order valence-corrected chi connectivity index (χ2v) is 7.31. The lowest BCUT2D eigenvalue weighted by Crippen LogP contribution is -2.15. The molecule has 6 nitrogen and oxygen atoms in total. The highest BCUT2D eigenvalue weighted by molar-refractivity contribution is 5.82. The van der Waals surface area contributed by atoms with Crippen LogP contribution >= 0.6 is 0 Å². The van der Waals surface area contributed by atoms with Crippen molar-refractivity contribution in [1.82, 2.24) is 20.0 Å². The summed E-state index contributed by atoms with van der Waals surface area (Å²) in [5, 5.41) is 12.9. The average Bonchev–Trinajstić information content (AvgIpc) is 3.51. The van der Waals surface area contributed by atoms with Gasteiger partial charge in [0.2, 0.25) is 11.8 Å². The van der Waals surface area contributed by atoms with E-state index in [2.05, 4.69) is 46.6 Å². The Kier molecular flexibility index (Phi) is 4.69.